The summed E-state index contributed by atoms with van der Waals surface area (Å²) in [6.07, 6.45) is 0. The molecular weight excluding hydrogens is 253 g/mol. The molecular formula is C14H13ClFNO. The zero-order valence-electron chi connectivity index (χ0n) is 9.64. The van der Waals surface area contributed by atoms with Crippen LogP contribution >= 0.6 is 11.6 Å². The molecule has 0 saturated carbocycles. The largest absolute Gasteiger partial charge is 0.492 e. The maximum atomic E-state index is 13.5. The molecule has 0 radical (unpaired) electrons. The van der Waals surface area contributed by atoms with Crippen LogP contribution in [0, 0.1) is 5.82 Å². The highest BCUT2D eigenvalue weighted by molar-refractivity contribution is 6.30. The van der Waals surface area contributed by atoms with Crippen molar-refractivity contribution in [1.82, 2.24) is 0 Å². The predicted molar refractivity (Wildman–Crippen MR) is 70.3 cm³/mol. The Morgan fingerprint density at radius 2 is 1.78 bits per heavy atom. The van der Waals surface area contributed by atoms with E-state index in [1.807, 2.05) is 0 Å². The quantitative estimate of drug-likeness (QED) is 0.917. The van der Waals surface area contributed by atoms with Gasteiger partial charge >= 0.3 is 0 Å². The van der Waals surface area contributed by atoms with E-state index in [-0.39, 0.29) is 12.4 Å². The first-order valence-corrected chi connectivity index (χ1v) is 5.93. The standard InChI is InChI=1S/C14H13ClFNO/c15-10-5-7-11(8-6-10)18-9-14(17)12-3-1-2-4-13(12)16/h1-8,14H,9,17H2. The molecule has 94 valence electrons. The summed E-state index contributed by atoms with van der Waals surface area (Å²) >= 11 is 5.76. The fraction of sp³-hybridized carbons (Fsp3) is 0.143. The molecule has 4 heteroatoms. The Kier molecular flexibility index (Phi) is 4.18. The van der Waals surface area contributed by atoms with Crippen LogP contribution in [0.2, 0.25) is 5.02 Å². The molecule has 0 amide bonds. The molecule has 0 spiro atoms. The Bertz CT molecular complexity index is 515. The van der Waals surface area contributed by atoms with Gasteiger partial charge in [0.1, 0.15) is 18.2 Å². The molecule has 18 heavy (non-hydrogen) atoms. The average Bonchev–Trinajstić information content (AvgIpc) is 2.38. The second-order valence-corrected chi connectivity index (χ2v) is 4.33. The van der Waals surface area contributed by atoms with E-state index >= 15 is 0 Å². The number of hydrogen-bond donors (Lipinski definition) is 1. The van der Waals surface area contributed by atoms with E-state index in [2.05, 4.69) is 0 Å². The molecule has 0 bridgehead atoms. The van der Waals surface area contributed by atoms with Crippen LogP contribution in [0.3, 0.4) is 0 Å². The number of hydrogen-bond acceptors (Lipinski definition) is 2. The van der Waals surface area contributed by atoms with Crippen molar-refractivity contribution in [3.63, 3.8) is 0 Å². The lowest BCUT2D eigenvalue weighted by Gasteiger charge is -2.14. The Labute approximate surface area is 110 Å². The number of ether oxygens (including phenoxy) is 1. The van der Waals surface area contributed by atoms with Crippen molar-refractivity contribution in [3.05, 3.63) is 64.9 Å². The van der Waals surface area contributed by atoms with Gasteiger partial charge in [-0.2, -0.15) is 0 Å². The molecule has 2 N–H and O–H groups in total. The van der Waals surface area contributed by atoms with Crippen LogP contribution in [0.1, 0.15) is 11.6 Å². The van der Waals surface area contributed by atoms with Gasteiger partial charge in [-0.1, -0.05) is 29.8 Å². The van der Waals surface area contributed by atoms with E-state index < -0.39 is 6.04 Å². The molecule has 2 aromatic carbocycles. The summed E-state index contributed by atoms with van der Waals surface area (Å²) in [5.41, 5.74) is 6.33. The zero-order chi connectivity index (χ0) is 13.0. The molecule has 0 saturated heterocycles. The SMILES string of the molecule is NC(COc1ccc(Cl)cc1)c1ccccc1F. The fourth-order valence-corrected chi connectivity index (χ4v) is 1.71. The van der Waals surface area contributed by atoms with Gasteiger partial charge in [0.25, 0.3) is 0 Å². The normalized spacial score (nSPS) is 12.2. The van der Waals surface area contributed by atoms with Crippen molar-refractivity contribution >= 4 is 11.6 Å². The summed E-state index contributed by atoms with van der Waals surface area (Å²) in [7, 11) is 0. The number of benzene rings is 2. The molecule has 2 aromatic rings. The van der Waals surface area contributed by atoms with Crippen LogP contribution in [-0.4, -0.2) is 6.61 Å². The van der Waals surface area contributed by atoms with Crippen LogP contribution in [-0.2, 0) is 0 Å². The van der Waals surface area contributed by atoms with Crippen LogP contribution in [0.4, 0.5) is 4.39 Å². The first kappa shape index (κ1) is 12.9. The van der Waals surface area contributed by atoms with Crippen molar-refractivity contribution in [2.45, 2.75) is 6.04 Å². The second kappa shape index (κ2) is 5.85. The fourth-order valence-electron chi connectivity index (χ4n) is 1.58. The second-order valence-electron chi connectivity index (χ2n) is 3.89. The molecule has 2 nitrogen and oxygen atoms in total. The maximum Gasteiger partial charge on any atom is 0.128 e. The lowest BCUT2D eigenvalue weighted by Crippen LogP contribution is -2.20. The Balaban J connectivity index is 1.98. The topological polar surface area (TPSA) is 35.2 Å². The molecule has 0 aliphatic heterocycles. The van der Waals surface area contributed by atoms with Crippen molar-refractivity contribution in [1.29, 1.82) is 0 Å². The highest BCUT2D eigenvalue weighted by Crippen LogP contribution is 2.19. The lowest BCUT2D eigenvalue weighted by molar-refractivity contribution is 0.288. The van der Waals surface area contributed by atoms with Crippen molar-refractivity contribution < 1.29 is 9.13 Å². The molecule has 2 rings (SSSR count). The van der Waals surface area contributed by atoms with Gasteiger partial charge < -0.3 is 10.5 Å². The van der Waals surface area contributed by atoms with Gasteiger partial charge in [0, 0.05) is 10.6 Å². The Morgan fingerprint density at radius 1 is 1.11 bits per heavy atom. The summed E-state index contributed by atoms with van der Waals surface area (Å²) < 4.78 is 18.9. The van der Waals surface area contributed by atoms with E-state index in [1.165, 1.54) is 6.07 Å². The minimum Gasteiger partial charge on any atom is -0.492 e. The van der Waals surface area contributed by atoms with Gasteiger partial charge in [0.05, 0.1) is 6.04 Å². The van der Waals surface area contributed by atoms with E-state index in [9.17, 15) is 4.39 Å². The summed E-state index contributed by atoms with van der Waals surface area (Å²) in [6.45, 7) is 0.211. The van der Waals surface area contributed by atoms with Gasteiger partial charge in [-0.3, -0.25) is 0 Å². The summed E-state index contributed by atoms with van der Waals surface area (Å²) in [4.78, 5) is 0. The third kappa shape index (κ3) is 3.22. The van der Waals surface area contributed by atoms with Gasteiger partial charge in [-0.25, -0.2) is 4.39 Å². The number of rotatable bonds is 4. The molecule has 0 fully saturated rings. The molecule has 0 aromatic heterocycles. The minimum absolute atomic E-state index is 0.211. The lowest BCUT2D eigenvalue weighted by atomic mass is 10.1. The number of nitrogens with two attached hydrogens (primary N) is 1. The summed E-state index contributed by atoms with van der Waals surface area (Å²) in [5.74, 6) is 0.343. The molecule has 0 aliphatic rings. The zero-order valence-corrected chi connectivity index (χ0v) is 10.4. The van der Waals surface area contributed by atoms with Crippen molar-refractivity contribution in [2.24, 2.45) is 5.73 Å². The monoisotopic (exact) mass is 265 g/mol. The average molecular weight is 266 g/mol. The third-order valence-electron chi connectivity index (χ3n) is 2.55. The van der Waals surface area contributed by atoms with Gasteiger partial charge in [0.15, 0.2) is 0 Å². The van der Waals surface area contributed by atoms with Crippen LogP contribution in [0.15, 0.2) is 48.5 Å². The van der Waals surface area contributed by atoms with Gasteiger partial charge in [-0.15, -0.1) is 0 Å². The summed E-state index contributed by atoms with van der Waals surface area (Å²) in [6, 6.07) is 12.9. The maximum absolute atomic E-state index is 13.5. The van der Waals surface area contributed by atoms with Crippen LogP contribution in [0.5, 0.6) is 5.75 Å². The molecule has 1 unspecified atom stereocenters. The van der Waals surface area contributed by atoms with E-state index in [0.717, 1.165) is 0 Å². The smallest absolute Gasteiger partial charge is 0.128 e. The van der Waals surface area contributed by atoms with Gasteiger partial charge in [0.2, 0.25) is 0 Å². The minimum atomic E-state index is -0.498. The molecule has 1 atom stereocenters. The van der Waals surface area contributed by atoms with Crippen LogP contribution in [0.25, 0.3) is 0 Å². The first-order chi connectivity index (χ1) is 8.66. The van der Waals surface area contributed by atoms with E-state index in [1.54, 1.807) is 42.5 Å². The summed E-state index contributed by atoms with van der Waals surface area (Å²) in [5, 5.41) is 0.640. The third-order valence-corrected chi connectivity index (χ3v) is 2.80. The first-order valence-electron chi connectivity index (χ1n) is 5.55. The molecule has 0 aliphatic carbocycles. The van der Waals surface area contributed by atoms with Gasteiger partial charge in [-0.05, 0) is 30.3 Å². The number of halogens is 2. The van der Waals surface area contributed by atoms with E-state index in [0.29, 0.717) is 16.3 Å². The van der Waals surface area contributed by atoms with Crippen LogP contribution < -0.4 is 10.5 Å². The highest BCUT2D eigenvalue weighted by Gasteiger charge is 2.11. The van der Waals surface area contributed by atoms with Crippen molar-refractivity contribution in [3.8, 4) is 5.75 Å². The van der Waals surface area contributed by atoms with Crippen molar-refractivity contribution in [2.75, 3.05) is 6.61 Å². The molecule has 0 heterocycles. The predicted octanol–water partition coefficient (Wildman–Crippen LogP) is 3.56. The highest BCUT2D eigenvalue weighted by atomic mass is 35.5. The Morgan fingerprint density at radius 3 is 2.44 bits per heavy atom. The Hall–Kier alpha value is -1.58. The van der Waals surface area contributed by atoms with E-state index in [4.69, 9.17) is 22.1 Å².